The Morgan fingerprint density at radius 3 is 2.61 bits per heavy atom. The fourth-order valence-electron chi connectivity index (χ4n) is 2.89. The number of aromatic nitrogens is 2. The van der Waals surface area contributed by atoms with Crippen molar-refractivity contribution >= 4 is 23.5 Å². The minimum absolute atomic E-state index is 0.0452. The molecule has 2 N–H and O–H groups in total. The number of amides is 2. The molecule has 0 bridgehead atoms. The lowest BCUT2D eigenvalue weighted by atomic mass is 10.1. The summed E-state index contributed by atoms with van der Waals surface area (Å²) in [6.45, 7) is 3.17. The van der Waals surface area contributed by atoms with Crippen LogP contribution in [0.4, 0.5) is 20.7 Å². The summed E-state index contributed by atoms with van der Waals surface area (Å²) >= 11 is 0. The molecule has 3 rings (SSSR count). The molecule has 0 radical (unpaired) electrons. The Morgan fingerprint density at radius 2 is 1.96 bits per heavy atom. The third kappa shape index (κ3) is 4.93. The first-order valence-corrected chi connectivity index (χ1v) is 9.13. The molecule has 0 spiro atoms. The number of hydrogen-bond acceptors (Lipinski definition) is 6. The van der Waals surface area contributed by atoms with Gasteiger partial charge in [-0.25, -0.2) is 19.2 Å². The van der Waals surface area contributed by atoms with Crippen LogP contribution in [0.1, 0.15) is 30.3 Å². The summed E-state index contributed by atoms with van der Waals surface area (Å²) in [6.07, 6.45) is 3.68. The molecule has 0 saturated carbocycles. The van der Waals surface area contributed by atoms with Gasteiger partial charge in [-0.1, -0.05) is 12.1 Å². The second-order valence-electron chi connectivity index (χ2n) is 6.33. The highest BCUT2D eigenvalue weighted by Crippen LogP contribution is 2.17. The van der Waals surface area contributed by atoms with E-state index in [4.69, 9.17) is 4.74 Å². The van der Waals surface area contributed by atoms with Crippen LogP contribution in [0, 0.1) is 5.82 Å². The Labute approximate surface area is 162 Å². The van der Waals surface area contributed by atoms with Crippen LogP contribution in [0.3, 0.4) is 0 Å². The number of piperidine rings is 1. The zero-order valence-corrected chi connectivity index (χ0v) is 15.5. The van der Waals surface area contributed by atoms with Gasteiger partial charge in [0, 0.05) is 19.1 Å². The van der Waals surface area contributed by atoms with E-state index in [0.717, 1.165) is 0 Å². The van der Waals surface area contributed by atoms with E-state index < -0.39 is 5.82 Å². The molecule has 0 aliphatic carbocycles. The maximum absolute atomic E-state index is 13.7. The maximum Gasteiger partial charge on any atom is 0.409 e. The standard InChI is InChI=1S/C19H22FN5O3/c1-2-28-19(27)25-9-7-13(8-10-25)23-18(26)16-11-22-17(12-21-16)24-15-6-4-3-5-14(15)20/h3-6,11-13H,2,7-10H2,1H3,(H,22,24)(H,23,26). The molecule has 1 aromatic carbocycles. The zero-order valence-electron chi connectivity index (χ0n) is 15.5. The summed E-state index contributed by atoms with van der Waals surface area (Å²) in [5.41, 5.74) is 0.453. The van der Waals surface area contributed by atoms with Crippen LogP contribution in [0.15, 0.2) is 36.7 Å². The number of anilines is 2. The van der Waals surface area contributed by atoms with E-state index in [0.29, 0.717) is 38.4 Å². The molecule has 2 amide bonds. The van der Waals surface area contributed by atoms with E-state index >= 15 is 0 Å². The molecule has 28 heavy (non-hydrogen) atoms. The molecule has 148 valence electrons. The molecule has 2 aromatic rings. The number of hydrogen-bond donors (Lipinski definition) is 2. The van der Waals surface area contributed by atoms with Gasteiger partial charge < -0.3 is 20.3 Å². The number of rotatable bonds is 5. The molecule has 0 unspecified atom stereocenters. The Morgan fingerprint density at radius 1 is 1.21 bits per heavy atom. The van der Waals surface area contributed by atoms with Crippen LogP contribution < -0.4 is 10.6 Å². The number of nitrogens with zero attached hydrogens (tertiary/aromatic N) is 3. The van der Waals surface area contributed by atoms with Crippen molar-refractivity contribution in [3.8, 4) is 0 Å². The highest BCUT2D eigenvalue weighted by atomic mass is 19.1. The number of halogens is 1. The molecule has 0 atom stereocenters. The molecule has 1 fully saturated rings. The second kappa shape index (κ2) is 9.12. The number of likely N-dealkylation sites (tertiary alicyclic amines) is 1. The fraction of sp³-hybridized carbons (Fsp3) is 0.368. The molecular formula is C19H22FN5O3. The highest BCUT2D eigenvalue weighted by molar-refractivity contribution is 5.92. The van der Waals surface area contributed by atoms with Crippen molar-refractivity contribution in [1.82, 2.24) is 20.2 Å². The van der Waals surface area contributed by atoms with E-state index in [1.54, 1.807) is 30.0 Å². The summed E-state index contributed by atoms with van der Waals surface area (Å²) in [7, 11) is 0. The Bertz CT molecular complexity index is 823. The average molecular weight is 387 g/mol. The number of carbonyl (C=O) groups is 2. The lowest BCUT2D eigenvalue weighted by Crippen LogP contribution is -2.46. The van der Waals surface area contributed by atoms with Crippen molar-refractivity contribution in [2.75, 3.05) is 25.0 Å². The topological polar surface area (TPSA) is 96.5 Å². The predicted molar refractivity (Wildman–Crippen MR) is 101 cm³/mol. The first-order chi connectivity index (χ1) is 13.6. The Hall–Kier alpha value is -3.23. The predicted octanol–water partition coefficient (Wildman–Crippen LogP) is 2.71. The van der Waals surface area contributed by atoms with Gasteiger partial charge in [-0.05, 0) is 31.9 Å². The van der Waals surface area contributed by atoms with Crippen LogP contribution >= 0.6 is 0 Å². The van der Waals surface area contributed by atoms with Gasteiger partial charge in [0.2, 0.25) is 0 Å². The first-order valence-electron chi connectivity index (χ1n) is 9.13. The van der Waals surface area contributed by atoms with Gasteiger partial charge in [-0.3, -0.25) is 4.79 Å². The quantitative estimate of drug-likeness (QED) is 0.819. The SMILES string of the molecule is CCOC(=O)N1CCC(NC(=O)c2cnc(Nc3ccccc3F)cn2)CC1. The minimum Gasteiger partial charge on any atom is -0.450 e. The molecule has 1 saturated heterocycles. The van der Waals surface area contributed by atoms with E-state index in [1.165, 1.54) is 18.5 Å². The third-order valence-corrected chi connectivity index (χ3v) is 4.38. The first kappa shape index (κ1) is 19.5. The van der Waals surface area contributed by atoms with Crippen LogP contribution in [0.2, 0.25) is 0 Å². The summed E-state index contributed by atoms with van der Waals surface area (Å²) < 4.78 is 18.6. The van der Waals surface area contributed by atoms with Crippen LogP contribution in [0.25, 0.3) is 0 Å². The van der Waals surface area contributed by atoms with E-state index in [-0.39, 0.29) is 29.4 Å². The van der Waals surface area contributed by atoms with Crippen LogP contribution in [-0.4, -0.2) is 52.6 Å². The molecule has 1 aliphatic rings. The molecule has 9 heteroatoms. The fourth-order valence-corrected chi connectivity index (χ4v) is 2.89. The summed E-state index contributed by atoms with van der Waals surface area (Å²) in [5.74, 6) is -0.399. The molecule has 2 heterocycles. The lowest BCUT2D eigenvalue weighted by Gasteiger charge is -2.31. The van der Waals surface area contributed by atoms with E-state index in [9.17, 15) is 14.0 Å². The summed E-state index contributed by atoms with van der Waals surface area (Å²) in [6, 6.07) is 6.17. The number of para-hydroxylation sites is 1. The smallest absolute Gasteiger partial charge is 0.409 e. The summed E-state index contributed by atoms with van der Waals surface area (Å²) in [4.78, 5) is 33.9. The van der Waals surface area contributed by atoms with Gasteiger partial charge in [-0.2, -0.15) is 0 Å². The third-order valence-electron chi connectivity index (χ3n) is 4.38. The second-order valence-corrected chi connectivity index (χ2v) is 6.33. The normalized spacial score (nSPS) is 14.4. The van der Waals surface area contributed by atoms with Gasteiger partial charge in [-0.15, -0.1) is 0 Å². The van der Waals surface area contributed by atoms with Crippen molar-refractivity contribution < 1.29 is 18.7 Å². The van der Waals surface area contributed by atoms with Crippen LogP contribution in [0.5, 0.6) is 0 Å². The highest BCUT2D eigenvalue weighted by Gasteiger charge is 2.25. The molecule has 8 nitrogen and oxygen atoms in total. The van der Waals surface area contributed by atoms with Crippen molar-refractivity contribution in [2.45, 2.75) is 25.8 Å². The van der Waals surface area contributed by atoms with Crippen molar-refractivity contribution in [3.05, 3.63) is 48.2 Å². The zero-order chi connectivity index (χ0) is 19.9. The summed E-state index contributed by atoms with van der Waals surface area (Å²) in [5, 5.41) is 5.72. The number of nitrogens with one attached hydrogen (secondary N) is 2. The average Bonchev–Trinajstić information content (AvgIpc) is 2.71. The maximum atomic E-state index is 13.7. The van der Waals surface area contributed by atoms with Gasteiger partial charge in [0.1, 0.15) is 17.3 Å². The van der Waals surface area contributed by atoms with Crippen LogP contribution in [-0.2, 0) is 4.74 Å². The Balaban J connectivity index is 1.51. The monoisotopic (exact) mass is 387 g/mol. The van der Waals surface area contributed by atoms with E-state index in [2.05, 4.69) is 20.6 Å². The van der Waals surface area contributed by atoms with Crippen molar-refractivity contribution in [3.63, 3.8) is 0 Å². The van der Waals surface area contributed by atoms with Gasteiger partial charge in [0.15, 0.2) is 0 Å². The van der Waals surface area contributed by atoms with Gasteiger partial charge in [0.25, 0.3) is 5.91 Å². The lowest BCUT2D eigenvalue weighted by molar-refractivity contribution is 0.0856. The van der Waals surface area contributed by atoms with Crippen molar-refractivity contribution in [2.24, 2.45) is 0 Å². The number of carbonyl (C=O) groups excluding carboxylic acids is 2. The largest absolute Gasteiger partial charge is 0.450 e. The van der Waals surface area contributed by atoms with Gasteiger partial charge in [0.05, 0.1) is 24.7 Å². The molecule has 1 aromatic heterocycles. The molecular weight excluding hydrogens is 365 g/mol. The van der Waals surface area contributed by atoms with E-state index in [1.807, 2.05) is 0 Å². The van der Waals surface area contributed by atoms with Gasteiger partial charge >= 0.3 is 6.09 Å². The molecule has 1 aliphatic heterocycles. The number of benzene rings is 1. The number of ether oxygens (including phenoxy) is 1. The van der Waals surface area contributed by atoms with Crippen molar-refractivity contribution in [1.29, 1.82) is 0 Å². The Kier molecular flexibility index (Phi) is 6.36. The minimum atomic E-state index is -0.403.